The van der Waals surface area contributed by atoms with Crippen LogP contribution in [0.15, 0.2) is 53.2 Å². The van der Waals surface area contributed by atoms with Crippen molar-refractivity contribution in [2.75, 3.05) is 5.32 Å². The van der Waals surface area contributed by atoms with Crippen molar-refractivity contribution in [2.24, 2.45) is 0 Å². The van der Waals surface area contributed by atoms with Gasteiger partial charge in [-0.05, 0) is 31.0 Å². The minimum Gasteiger partial charge on any atom is -0.408 e. The van der Waals surface area contributed by atoms with Crippen LogP contribution in [0.5, 0.6) is 0 Å². The average Bonchev–Trinajstić information content (AvgIpc) is 2.95. The van der Waals surface area contributed by atoms with Gasteiger partial charge < -0.3 is 9.73 Å². The minimum atomic E-state index is 0.391. The fourth-order valence-electron chi connectivity index (χ4n) is 1.97. The Labute approximate surface area is 123 Å². The Bertz CT molecular complexity index is 692. The largest absolute Gasteiger partial charge is 0.408 e. The van der Waals surface area contributed by atoms with Gasteiger partial charge in [-0.2, -0.15) is 0 Å². The molecule has 1 N–H and O–H groups in total. The molecule has 0 aliphatic rings. The second-order valence-electron chi connectivity index (χ2n) is 4.85. The third kappa shape index (κ3) is 3.66. The van der Waals surface area contributed by atoms with Crippen LogP contribution in [0.4, 0.5) is 11.7 Å². The van der Waals surface area contributed by atoms with Crippen molar-refractivity contribution >= 4 is 11.7 Å². The third-order valence-electron chi connectivity index (χ3n) is 3.13. The Kier molecular flexibility index (Phi) is 3.91. The van der Waals surface area contributed by atoms with E-state index in [1.807, 2.05) is 12.1 Å². The highest BCUT2D eigenvalue weighted by Gasteiger charge is 2.06. The summed E-state index contributed by atoms with van der Waals surface area (Å²) in [6, 6.07) is 12.6. The Morgan fingerprint density at radius 1 is 1.05 bits per heavy atom. The van der Waals surface area contributed by atoms with Crippen LogP contribution in [-0.4, -0.2) is 15.2 Å². The summed E-state index contributed by atoms with van der Waals surface area (Å²) in [5, 5.41) is 11.1. The van der Waals surface area contributed by atoms with E-state index < -0.39 is 0 Å². The monoisotopic (exact) mass is 280 g/mol. The summed E-state index contributed by atoms with van der Waals surface area (Å²) in [4.78, 5) is 4.02. The van der Waals surface area contributed by atoms with Crippen LogP contribution in [0, 0.1) is 6.92 Å². The second-order valence-corrected chi connectivity index (χ2v) is 4.85. The van der Waals surface area contributed by atoms with Gasteiger partial charge in [0.05, 0.1) is 11.9 Å². The number of nitrogens with zero attached hydrogens (tertiary/aromatic N) is 3. The zero-order valence-electron chi connectivity index (χ0n) is 11.8. The van der Waals surface area contributed by atoms with Gasteiger partial charge in [0.2, 0.25) is 5.89 Å². The number of aromatic nitrogens is 3. The molecule has 2 heterocycles. The molecule has 0 aliphatic carbocycles. The fourth-order valence-corrected chi connectivity index (χ4v) is 1.97. The smallest absolute Gasteiger partial charge is 0.320 e. The number of hydrogen-bond acceptors (Lipinski definition) is 5. The molecule has 0 saturated heterocycles. The quantitative estimate of drug-likeness (QED) is 0.776. The van der Waals surface area contributed by atoms with Gasteiger partial charge in [-0.3, -0.25) is 4.98 Å². The van der Waals surface area contributed by atoms with Crippen LogP contribution < -0.4 is 5.32 Å². The lowest BCUT2D eigenvalue weighted by atomic mass is 10.1. The Morgan fingerprint density at radius 2 is 1.90 bits per heavy atom. The van der Waals surface area contributed by atoms with Crippen LogP contribution in [-0.2, 0) is 12.8 Å². The van der Waals surface area contributed by atoms with Gasteiger partial charge in [-0.25, -0.2) is 0 Å². The summed E-state index contributed by atoms with van der Waals surface area (Å²) in [7, 11) is 0. The molecule has 106 valence electrons. The number of nitrogens with one attached hydrogen (secondary N) is 1. The van der Waals surface area contributed by atoms with Crippen molar-refractivity contribution in [1.29, 1.82) is 0 Å². The van der Waals surface area contributed by atoms with Crippen molar-refractivity contribution < 1.29 is 4.42 Å². The summed E-state index contributed by atoms with van der Waals surface area (Å²) < 4.78 is 5.57. The lowest BCUT2D eigenvalue weighted by molar-refractivity contribution is 0.507. The van der Waals surface area contributed by atoms with Gasteiger partial charge >= 0.3 is 6.01 Å². The standard InChI is InChI=1S/C16H16N4O/c1-12-4-6-13(7-5-12)8-9-15-19-20-16(21-15)18-14-3-2-10-17-11-14/h2-7,10-11H,8-9H2,1H3,(H,18,20). The van der Waals surface area contributed by atoms with E-state index in [2.05, 4.69) is 51.7 Å². The van der Waals surface area contributed by atoms with Crippen molar-refractivity contribution in [3.63, 3.8) is 0 Å². The Hall–Kier alpha value is -2.69. The second kappa shape index (κ2) is 6.17. The van der Waals surface area contributed by atoms with Gasteiger partial charge in [0, 0.05) is 12.6 Å². The highest BCUT2D eigenvalue weighted by atomic mass is 16.4. The first kappa shape index (κ1) is 13.3. The van der Waals surface area contributed by atoms with Gasteiger partial charge in [0.15, 0.2) is 0 Å². The minimum absolute atomic E-state index is 0.391. The zero-order chi connectivity index (χ0) is 14.5. The number of hydrogen-bond donors (Lipinski definition) is 1. The van der Waals surface area contributed by atoms with E-state index in [0.717, 1.165) is 18.5 Å². The lowest BCUT2D eigenvalue weighted by Gasteiger charge is -2.00. The van der Waals surface area contributed by atoms with E-state index in [4.69, 9.17) is 4.42 Å². The highest BCUT2D eigenvalue weighted by Crippen LogP contribution is 2.15. The maximum absolute atomic E-state index is 5.57. The first-order chi connectivity index (χ1) is 10.3. The molecule has 2 aromatic heterocycles. The lowest BCUT2D eigenvalue weighted by Crippen LogP contribution is -1.91. The van der Waals surface area contributed by atoms with Gasteiger partial charge in [-0.15, -0.1) is 5.10 Å². The molecule has 0 radical (unpaired) electrons. The number of benzene rings is 1. The van der Waals surface area contributed by atoms with Crippen LogP contribution in [0.1, 0.15) is 17.0 Å². The maximum Gasteiger partial charge on any atom is 0.320 e. The van der Waals surface area contributed by atoms with Crippen LogP contribution in [0.25, 0.3) is 0 Å². The number of rotatable bonds is 5. The topological polar surface area (TPSA) is 63.8 Å². The van der Waals surface area contributed by atoms with Crippen LogP contribution >= 0.6 is 0 Å². The number of anilines is 2. The maximum atomic E-state index is 5.57. The third-order valence-corrected chi connectivity index (χ3v) is 3.13. The highest BCUT2D eigenvalue weighted by molar-refractivity contribution is 5.49. The van der Waals surface area contributed by atoms with E-state index in [1.165, 1.54) is 11.1 Å². The molecule has 21 heavy (non-hydrogen) atoms. The molecule has 0 aliphatic heterocycles. The molecule has 3 rings (SSSR count). The normalized spacial score (nSPS) is 10.5. The predicted octanol–water partition coefficient (Wildman–Crippen LogP) is 3.30. The molecule has 5 nitrogen and oxygen atoms in total. The molecule has 0 bridgehead atoms. The van der Waals surface area contributed by atoms with Gasteiger partial charge in [-0.1, -0.05) is 34.9 Å². The van der Waals surface area contributed by atoms with Gasteiger partial charge in [0.1, 0.15) is 0 Å². The van der Waals surface area contributed by atoms with E-state index in [-0.39, 0.29) is 0 Å². The molecule has 0 spiro atoms. The molecular formula is C16H16N4O. The average molecular weight is 280 g/mol. The van der Waals surface area contributed by atoms with Crippen LogP contribution in [0.3, 0.4) is 0 Å². The SMILES string of the molecule is Cc1ccc(CCc2nnc(Nc3cccnc3)o2)cc1. The number of pyridine rings is 1. The van der Waals surface area contributed by atoms with Crippen molar-refractivity contribution in [3.05, 3.63) is 65.8 Å². The molecule has 0 amide bonds. The summed E-state index contributed by atoms with van der Waals surface area (Å²) in [5.41, 5.74) is 3.35. The Balaban J connectivity index is 1.59. The summed E-state index contributed by atoms with van der Waals surface area (Å²) in [6.45, 7) is 2.08. The van der Waals surface area contributed by atoms with Crippen molar-refractivity contribution in [2.45, 2.75) is 19.8 Å². The van der Waals surface area contributed by atoms with E-state index >= 15 is 0 Å². The first-order valence-corrected chi connectivity index (χ1v) is 6.84. The molecule has 0 fully saturated rings. The van der Waals surface area contributed by atoms with Crippen LogP contribution in [0.2, 0.25) is 0 Å². The molecule has 0 saturated carbocycles. The molecule has 0 atom stereocenters. The molecule has 0 unspecified atom stereocenters. The Morgan fingerprint density at radius 3 is 2.67 bits per heavy atom. The molecule has 1 aromatic carbocycles. The van der Waals surface area contributed by atoms with Crippen molar-refractivity contribution in [3.8, 4) is 0 Å². The molecular weight excluding hydrogens is 264 g/mol. The fraction of sp³-hybridized carbons (Fsp3) is 0.188. The van der Waals surface area contributed by atoms with Crippen molar-refractivity contribution in [1.82, 2.24) is 15.2 Å². The summed E-state index contributed by atoms with van der Waals surface area (Å²) in [5.74, 6) is 0.627. The summed E-state index contributed by atoms with van der Waals surface area (Å²) in [6.07, 6.45) is 5.03. The summed E-state index contributed by atoms with van der Waals surface area (Å²) >= 11 is 0. The number of aryl methyl sites for hydroxylation is 3. The first-order valence-electron chi connectivity index (χ1n) is 6.84. The van der Waals surface area contributed by atoms with Gasteiger partial charge in [0.25, 0.3) is 0 Å². The molecule has 5 heteroatoms. The van der Waals surface area contributed by atoms with E-state index in [0.29, 0.717) is 11.9 Å². The predicted molar refractivity (Wildman–Crippen MR) is 80.4 cm³/mol. The van der Waals surface area contributed by atoms with E-state index in [9.17, 15) is 0 Å². The van der Waals surface area contributed by atoms with E-state index in [1.54, 1.807) is 12.4 Å². The molecule has 3 aromatic rings. The zero-order valence-corrected chi connectivity index (χ0v) is 11.8.